The van der Waals surface area contributed by atoms with Crippen molar-refractivity contribution in [3.8, 4) is 11.4 Å². The monoisotopic (exact) mass is 335 g/mol. The summed E-state index contributed by atoms with van der Waals surface area (Å²) in [5.74, 6) is -0.437. The van der Waals surface area contributed by atoms with Gasteiger partial charge in [0, 0.05) is 6.07 Å². The van der Waals surface area contributed by atoms with Crippen molar-refractivity contribution in [1.82, 2.24) is 15.0 Å². The van der Waals surface area contributed by atoms with Crippen LogP contribution in [0.2, 0.25) is 5.02 Å². The SMILES string of the molecule is OC1(c2cn(-c3ccc(OC(F)(F)F)cc3Cl)nn2)COC1. The maximum atomic E-state index is 12.1. The smallest absolute Gasteiger partial charge is 0.406 e. The second kappa shape index (κ2) is 5.11. The Balaban J connectivity index is 1.86. The van der Waals surface area contributed by atoms with Crippen LogP contribution in [0.4, 0.5) is 13.2 Å². The zero-order valence-corrected chi connectivity index (χ0v) is 11.6. The highest BCUT2D eigenvalue weighted by Crippen LogP contribution is 2.31. The number of aliphatic hydroxyl groups is 1. The average molecular weight is 336 g/mol. The maximum Gasteiger partial charge on any atom is 0.573 e. The molecule has 1 aliphatic heterocycles. The van der Waals surface area contributed by atoms with E-state index in [2.05, 4.69) is 15.0 Å². The van der Waals surface area contributed by atoms with Gasteiger partial charge >= 0.3 is 6.36 Å². The molecule has 0 bridgehead atoms. The van der Waals surface area contributed by atoms with Gasteiger partial charge in [-0.1, -0.05) is 16.8 Å². The number of aromatic nitrogens is 3. The highest BCUT2D eigenvalue weighted by molar-refractivity contribution is 6.32. The Hall–Kier alpha value is -1.84. The van der Waals surface area contributed by atoms with Crippen molar-refractivity contribution in [2.75, 3.05) is 13.2 Å². The largest absolute Gasteiger partial charge is 0.573 e. The van der Waals surface area contributed by atoms with Crippen LogP contribution in [-0.4, -0.2) is 39.7 Å². The maximum absolute atomic E-state index is 12.1. The number of hydrogen-bond donors (Lipinski definition) is 1. The lowest BCUT2D eigenvalue weighted by Crippen LogP contribution is -2.46. The minimum absolute atomic E-state index is 0.00458. The summed E-state index contributed by atoms with van der Waals surface area (Å²) in [6.07, 6.45) is -3.35. The van der Waals surface area contributed by atoms with E-state index in [1.54, 1.807) is 0 Å². The van der Waals surface area contributed by atoms with Crippen molar-refractivity contribution in [2.45, 2.75) is 12.0 Å². The molecule has 2 heterocycles. The van der Waals surface area contributed by atoms with Gasteiger partial charge in [-0.25, -0.2) is 4.68 Å². The summed E-state index contributed by atoms with van der Waals surface area (Å²) in [5, 5.41) is 17.7. The highest BCUT2D eigenvalue weighted by Gasteiger charge is 2.41. The molecule has 0 radical (unpaired) electrons. The van der Waals surface area contributed by atoms with E-state index in [0.29, 0.717) is 11.4 Å². The highest BCUT2D eigenvalue weighted by atomic mass is 35.5. The molecule has 10 heteroatoms. The Morgan fingerprint density at radius 1 is 1.36 bits per heavy atom. The van der Waals surface area contributed by atoms with Gasteiger partial charge in [-0.05, 0) is 12.1 Å². The molecule has 1 aromatic carbocycles. The van der Waals surface area contributed by atoms with Crippen molar-refractivity contribution in [1.29, 1.82) is 0 Å². The van der Waals surface area contributed by atoms with Crippen LogP contribution in [0.3, 0.4) is 0 Å². The van der Waals surface area contributed by atoms with Crippen LogP contribution >= 0.6 is 11.6 Å². The molecule has 0 atom stereocenters. The van der Waals surface area contributed by atoms with Crippen molar-refractivity contribution in [3.05, 3.63) is 35.1 Å². The van der Waals surface area contributed by atoms with Crippen LogP contribution in [0.5, 0.6) is 5.75 Å². The Morgan fingerprint density at radius 3 is 2.64 bits per heavy atom. The van der Waals surface area contributed by atoms with Crippen LogP contribution in [0.25, 0.3) is 5.69 Å². The molecule has 1 aromatic heterocycles. The van der Waals surface area contributed by atoms with Crippen LogP contribution in [0, 0.1) is 0 Å². The van der Waals surface area contributed by atoms with E-state index in [9.17, 15) is 18.3 Å². The molecule has 118 valence electrons. The van der Waals surface area contributed by atoms with Crippen LogP contribution in [-0.2, 0) is 10.3 Å². The van der Waals surface area contributed by atoms with Gasteiger partial charge < -0.3 is 14.6 Å². The molecule has 1 N–H and O–H groups in total. The van der Waals surface area contributed by atoms with E-state index in [1.807, 2.05) is 0 Å². The molecular weight excluding hydrogens is 327 g/mol. The number of ether oxygens (including phenoxy) is 2. The lowest BCUT2D eigenvalue weighted by atomic mass is 9.99. The van der Waals surface area contributed by atoms with Gasteiger partial charge in [-0.15, -0.1) is 18.3 Å². The van der Waals surface area contributed by atoms with Crippen LogP contribution < -0.4 is 4.74 Å². The molecule has 6 nitrogen and oxygen atoms in total. The summed E-state index contributed by atoms with van der Waals surface area (Å²) in [4.78, 5) is 0. The molecule has 0 spiro atoms. The zero-order valence-electron chi connectivity index (χ0n) is 10.8. The fraction of sp³-hybridized carbons (Fsp3) is 0.333. The third-order valence-corrected chi connectivity index (χ3v) is 3.35. The summed E-state index contributed by atoms with van der Waals surface area (Å²) in [5.41, 5.74) is -0.589. The lowest BCUT2D eigenvalue weighted by Gasteiger charge is -2.34. The fourth-order valence-electron chi connectivity index (χ4n) is 1.91. The Labute approximate surface area is 127 Å². The Bertz CT molecular complexity index is 700. The molecule has 1 saturated heterocycles. The molecule has 2 aromatic rings. The number of nitrogens with zero attached hydrogens (tertiary/aromatic N) is 3. The number of rotatable bonds is 3. The molecule has 0 unspecified atom stereocenters. The standard InChI is InChI=1S/C12H9ClF3N3O3/c13-8-3-7(22-12(14,15)16)1-2-9(8)19-4-10(17-18-19)11(20)5-21-6-11/h1-4,20H,5-6H2. The first-order valence-corrected chi connectivity index (χ1v) is 6.43. The summed E-state index contributed by atoms with van der Waals surface area (Å²) in [7, 11) is 0. The third-order valence-electron chi connectivity index (χ3n) is 3.05. The number of hydrogen-bond acceptors (Lipinski definition) is 5. The first-order valence-electron chi connectivity index (χ1n) is 6.05. The number of alkyl halides is 3. The van der Waals surface area contributed by atoms with Gasteiger partial charge in [0.2, 0.25) is 0 Å². The van der Waals surface area contributed by atoms with Crippen molar-refractivity contribution >= 4 is 11.6 Å². The molecule has 3 rings (SSSR count). The van der Waals surface area contributed by atoms with E-state index in [-0.39, 0.29) is 18.2 Å². The molecule has 22 heavy (non-hydrogen) atoms. The first kappa shape index (κ1) is 15.1. The van der Waals surface area contributed by atoms with Crippen LogP contribution in [0.15, 0.2) is 24.4 Å². The van der Waals surface area contributed by atoms with Crippen molar-refractivity contribution in [3.63, 3.8) is 0 Å². The second-order valence-electron chi connectivity index (χ2n) is 4.73. The topological polar surface area (TPSA) is 69.4 Å². The van der Waals surface area contributed by atoms with Crippen LogP contribution in [0.1, 0.15) is 5.69 Å². The minimum Gasteiger partial charge on any atom is -0.406 e. The predicted molar refractivity (Wildman–Crippen MR) is 67.8 cm³/mol. The van der Waals surface area contributed by atoms with Gasteiger partial charge in [-0.3, -0.25) is 0 Å². The summed E-state index contributed by atoms with van der Waals surface area (Å²) in [6, 6.07) is 3.44. The van der Waals surface area contributed by atoms with Crippen molar-refractivity contribution < 1.29 is 27.8 Å². The Kier molecular flexibility index (Phi) is 3.50. The van der Waals surface area contributed by atoms with E-state index in [0.717, 1.165) is 12.1 Å². The molecule has 1 aliphatic rings. The van der Waals surface area contributed by atoms with Gasteiger partial charge in [0.25, 0.3) is 0 Å². The summed E-state index contributed by atoms with van der Waals surface area (Å²) in [6.45, 7) is 0.218. The normalized spacial score (nSPS) is 17.1. The summed E-state index contributed by atoms with van der Waals surface area (Å²) < 4.78 is 46.4. The quantitative estimate of drug-likeness (QED) is 0.929. The molecular formula is C12H9ClF3N3O3. The van der Waals surface area contributed by atoms with Crippen molar-refractivity contribution in [2.24, 2.45) is 0 Å². The van der Waals surface area contributed by atoms with Gasteiger partial charge in [0.05, 0.1) is 30.1 Å². The number of halogens is 4. The van der Waals surface area contributed by atoms with Gasteiger partial charge in [0.1, 0.15) is 11.4 Å². The molecule has 0 saturated carbocycles. The average Bonchev–Trinajstić information content (AvgIpc) is 2.83. The number of benzene rings is 1. The molecule has 0 aliphatic carbocycles. The molecule has 1 fully saturated rings. The van der Waals surface area contributed by atoms with E-state index >= 15 is 0 Å². The molecule has 0 amide bonds. The van der Waals surface area contributed by atoms with E-state index in [4.69, 9.17) is 16.3 Å². The Morgan fingerprint density at radius 2 is 2.09 bits per heavy atom. The van der Waals surface area contributed by atoms with Gasteiger partial charge in [0.15, 0.2) is 5.60 Å². The van der Waals surface area contributed by atoms with Gasteiger partial charge in [-0.2, -0.15) is 0 Å². The predicted octanol–water partition coefficient (Wildman–Crippen LogP) is 2.04. The second-order valence-corrected chi connectivity index (χ2v) is 5.14. The summed E-state index contributed by atoms with van der Waals surface area (Å²) >= 11 is 5.94. The van der Waals surface area contributed by atoms with E-state index in [1.165, 1.54) is 16.9 Å². The van der Waals surface area contributed by atoms with E-state index < -0.39 is 17.7 Å². The minimum atomic E-state index is -4.79. The fourth-order valence-corrected chi connectivity index (χ4v) is 2.17. The third kappa shape index (κ3) is 2.87. The lowest BCUT2D eigenvalue weighted by molar-refractivity contribution is -0.274. The zero-order chi connectivity index (χ0) is 16.0. The first-order chi connectivity index (χ1) is 10.3.